The van der Waals surface area contributed by atoms with E-state index < -0.39 is 0 Å². The van der Waals surface area contributed by atoms with Crippen molar-refractivity contribution < 1.29 is 9.53 Å². The predicted molar refractivity (Wildman–Crippen MR) is 72.9 cm³/mol. The van der Waals surface area contributed by atoms with Gasteiger partial charge in [0.25, 0.3) is 0 Å². The molecule has 0 saturated heterocycles. The van der Waals surface area contributed by atoms with E-state index in [2.05, 4.69) is 5.32 Å². The summed E-state index contributed by atoms with van der Waals surface area (Å²) in [5, 5.41) is 3.43. The lowest BCUT2D eigenvalue weighted by atomic mass is 10.1. The number of Topliss-reactive ketones (excluding diaryl/α,β-unsaturated/α-hetero) is 1. The highest BCUT2D eigenvalue weighted by atomic mass is 16.5. The van der Waals surface area contributed by atoms with Crippen LogP contribution in [0.15, 0.2) is 18.2 Å². The zero-order valence-electron chi connectivity index (χ0n) is 10.9. The Hall–Kier alpha value is -1.55. The molecule has 0 aliphatic heterocycles. The molecule has 3 N–H and O–H groups in total. The molecule has 2 rings (SSSR count). The van der Waals surface area contributed by atoms with Gasteiger partial charge in [-0.05, 0) is 44.4 Å². The maximum atomic E-state index is 11.4. The van der Waals surface area contributed by atoms with E-state index in [0.717, 1.165) is 18.5 Å². The van der Waals surface area contributed by atoms with E-state index >= 15 is 0 Å². The van der Waals surface area contributed by atoms with Crippen LogP contribution in [-0.4, -0.2) is 25.0 Å². The number of methoxy groups -OCH3 is 1. The van der Waals surface area contributed by atoms with Crippen molar-refractivity contribution in [2.45, 2.75) is 38.3 Å². The highest BCUT2D eigenvalue weighted by Gasteiger charge is 2.26. The zero-order chi connectivity index (χ0) is 13.1. The van der Waals surface area contributed by atoms with Gasteiger partial charge in [-0.15, -0.1) is 0 Å². The molecule has 2 unspecified atom stereocenters. The number of hydrogen-bond donors (Lipinski definition) is 2. The third kappa shape index (κ3) is 2.64. The van der Waals surface area contributed by atoms with Gasteiger partial charge in [-0.3, -0.25) is 4.79 Å². The summed E-state index contributed by atoms with van der Waals surface area (Å²) in [5.74, 6) is -0.00846. The van der Waals surface area contributed by atoms with Gasteiger partial charge in [-0.1, -0.05) is 0 Å². The molecule has 0 spiro atoms. The van der Waals surface area contributed by atoms with Crippen LogP contribution in [-0.2, 0) is 4.74 Å². The fourth-order valence-corrected chi connectivity index (χ4v) is 2.54. The van der Waals surface area contributed by atoms with Crippen molar-refractivity contribution in [2.75, 3.05) is 18.2 Å². The lowest BCUT2D eigenvalue weighted by Crippen LogP contribution is -2.29. The molecule has 4 nitrogen and oxygen atoms in total. The second kappa shape index (κ2) is 5.40. The monoisotopic (exact) mass is 248 g/mol. The van der Waals surface area contributed by atoms with E-state index in [-0.39, 0.29) is 11.9 Å². The Kier molecular flexibility index (Phi) is 3.87. The summed E-state index contributed by atoms with van der Waals surface area (Å²) >= 11 is 0. The SMILES string of the molecule is COC1CCCC1Nc1ccc(N)c(C(C)=O)c1. The first-order valence-corrected chi connectivity index (χ1v) is 6.31. The summed E-state index contributed by atoms with van der Waals surface area (Å²) in [5.41, 5.74) is 7.82. The van der Waals surface area contributed by atoms with Crippen LogP contribution >= 0.6 is 0 Å². The average Bonchev–Trinajstić information content (AvgIpc) is 2.78. The molecule has 0 bridgehead atoms. The van der Waals surface area contributed by atoms with E-state index in [1.165, 1.54) is 13.3 Å². The van der Waals surface area contributed by atoms with Crippen LogP contribution in [0.3, 0.4) is 0 Å². The number of carbonyl (C=O) groups excluding carboxylic acids is 1. The van der Waals surface area contributed by atoms with Gasteiger partial charge in [-0.2, -0.15) is 0 Å². The molecule has 1 aromatic rings. The Morgan fingerprint density at radius 1 is 1.44 bits per heavy atom. The number of nitrogens with one attached hydrogen (secondary N) is 1. The maximum absolute atomic E-state index is 11.4. The smallest absolute Gasteiger partial charge is 0.161 e. The second-order valence-electron chi connectivity index (χ2n) is 4.81. The summed E-state index contributed by atoms with van der Waals surface area (Å²) in [6.07, 6.45) is 3.61. The van der Waals surface area contributed by atoms with Crippen LogP contribution in [0.1, 0.15) is 36.5 Å². The van der Waals surface area contributed by atoms with Crippen LogP contribution in [0.5, 0.6) is 0 Å². The Morgan fingerprint density at radius 2 is 2.22 bits per heavy atom. The van der Waals surface area contributed by atoms with Crippen molar-refractivity contribution in [3.8, 4) is 0 Å². The number of anilines is 2. The van der Waals surface area contributed by atoms with Crippen molar-refractivity contribution in [2.24, 2.45) is 0 Å². The van der Waals surface area contributed by atoms with Gasteiger partial charge in [0.2, 0.25) is 0 Å². The van der Waals surface area contributed by atoms with Gasteiger partial charge in [0, 0.05) is 24.0 Å². The molecule has 0 amide bonds. The minimum Gasteiger partial charge on any atom is -0.398 e. The van der Waals surface area contributed by atoms with E-state index in [1.54, 1.807) is 13.2 Å². The van der Waals surface area contributed by atoms with E-state index in [0.29, 0.717) is 17.3 Å². The Labute approximate surface area is 108 Å². The number of ketones is 1. The number of carbonyl (C=O) groups is 1. The molecule has 1 saturated carbocycles. The first kappa shape index (κ1) is 12.9. The molecule has 1 aromatic carbocycles. The number of rotatable bonds is 4. The molecule has 2 atom stereocenters. The third-order valence-corrected chi connectivity index (χ3v) is 3.54. The van der Waals surface area contributed by atoms with Gasteiger partial charge < -0.3 is 15.8 Å². The first-order valence-electron chi connectivity index (χ1n) is 6.31. The molecular weight excluding hydrogens is 228 g/mol. The molecule has 1 aliphatic carbocycles. The molecule has 18 heavy (non-hydrogen) atoms. The topological polar surface area (TPSA) is 64.3 Å². The second-order valence-corrected chi connectivity index (χ2v) is 4.81. The average molecular weight is 248 g/mol. The fourth-order valence-electron chi connectivity index (χ4n) is 2.54. The van der Waals surface area contributed by atoms with Crippen molar-refractivity contribution >= 4 is 17.2 Å². The number of benzene rings is 1. The van der Waals surface area contributed by atoms with Gasteiger partial charge in [-0.25, -0.2) is 0 Å². The Morgan fingerprint density at radius 3 is 2.89 bits per heavy atom. The number of hydrogen-bond acceptors (Lipinski definition) is 4. The largest absolute Gasteiger partial charge is 0.398 e. The summed E-state index contributed by atoms with van der Waals surface area (Å²) in [4.78, 5) is 11.4. The number of ether oxygens (including phenoxy) is 1. The molecule has 1 fully saturated rings. The predicted octanol–water partition coefficient (Wildman–Crippen LogP) is 2.45. The molecule has 0 heterocycles. The van der Waals surface area contributed by atoms with Crippen molar-refractivity contribution in [3.63, 3.8) is 0 Å². The minimum absolute atomic E-state index is 0.00846. The van der Waals surface area contributed by atoms with Crippen LogP contribution in [0.4, 0.5) is 11.4 Å². The Bertz CT molecular complexity index is 445. The maximum Gasteiger partial charge on any atom is 0.161 e. The molecule has 98 valence electrons. The van der Waals surface area contributed by atoms with Crippen LogP contribution in [0, 0.1) is 0 Å². The lowest BCUT2D eigenvalue weighted by molar-refractivity contribution is 0.101. The normalized spacial score (nSPS) is 23.0. The quantitative estimate of drug-likeness (QED) is 0.634. The van der Waals surface area contributed by atoms with Gasteiger partial charge in [0.15, 0.2) is 5.78 Å². The summed E-state index contributed by atoms with van der Waals surface area (Å²) in [6.45, 7) is 1.53. The zero-order valence-corrected chi connectivity index (χ0v) is 10.9. The lowest BCUT2D eigenvalue weighted by Gasteiger charge is -2.21. The first-order chi connectivity index (χ1) is 8.61. The number of nitrogen functional groups attached to an aromatic ring is 1. The third-order valence-electron chi connectivity index (χ3n) is 3.54. The van der Waals surface area contributed by atoms with Crippen molar-refractivity contribution in [1.29, 1.82) is 0 Å². The fraction of sp³-hybridized carbons (Fsp3) is 0.500. The summed E-state index contributed by atoms with van der Waals surface area (Å²) in [6, 6.07) is 5.82. The molecule has 0 radical (unpaired) electrons. The minimum atomic E-state index is -0.00846. The van der Waals surface area contributed by atoms with Crippen LogP contribution in [0.2, 0.25) is 0 Å². The summed E-state index contributed by atoms with van der Waals surface area (Å²) in [7, 11) is 1.74. The van der Waals surface area contributed by atoms with Crippen molar-refractivity contribution in [1.82, 2.24) is 0 Å². The van der Waals surface area contributed by atoms with Gasteiger partial charge in [0.05, 0.1) is 12.1 Å². The van der Waals surface area contributed by atoms with E-state index in [1.807, 2.05) is 12.1 Å². The molecule has 4 heteroatoms. The highest BCUT2D eigenvalue weighted by Crippen LogP contribution is 2.26. The highest BCUT2D eigenvalue weighted by molar-refractivity contribution is 6.00. The van der Waals surface area contributed by atoms with Crippen molar-refractivity contribution in [3.05, 3.63) is 23.8 Å². The molecular formula is C14H20N2O2. The Balaban J connectivity index is 2.14. The number of nitrogens with two attached hydrogens (primary N) is 1. The van der Waals surface area contributed by atoms with Gasteiger partial charge >= 0.3 is 0 Å². The van der Waals surface area contributed by atoms with Crippen LogP contribution in [0.25, 0.3) is 0 Å². The summed E-state index contributed by atoms with van der Waals surface area (Å²) < 4.78 is 5.44. The van der Waals surface area contributed by atoms with E-state index in [4.69, 9.17) is 10.5 Å². The van der Waals surface area contributed by atoms with Gasteiger partial charge in [0.1, 0.15) is 0 Å². The van der Waals surface area contributed by atoms with E-state index in [9.17, 15) is 4.79 Å². The standard InChI is InChI=1S/C14H20N2O2/c1-9(17)11-8-10(6-7-12(11)15)16-13-4-3-5-14(13)18-2/h6-8,13-14,16H,3-5,15H2,1-2H3. The molecule has 1 aliphatic rings. The van der Waals surface area contributed by atoms with Crippen LogP contribution < -0.4 is 11.1 Å². The molecule has 0 aromatic heterocycles.